The number of aryl methyl sites for hydroxylation is 2. The van der Waals surface area contributed by atoms with Crippen LogP contribution in [0.5, 0.6) is 0 Å². The molecule has 1 N–H and O–H groups in total. The number of hydrogen-bond donors (Lipinski definition) is 1. The Bertz CT molecular complexity index is 600. The molecule has 2 aliphatic carbocycles. The highest BCUT2D eigenvalue weighted by molar-refractivity contribution is 7.15. The monoisotopic (exact) mass is 321 g/mol. The first kappa shape index (κ1) is 14.5. The molecule has 2 saturated carbocycles. The fourth-order valence-electron chi connectivity index (χ4n) is 4.93. The predicted molar refractivity (Wildman–Crippen MR) is 86.2 cm³/mol. The quantitative estimate of drug-likeness (QED) is 0.931. The van der Waals surface area contributed by atoms with E-state index in [9.17, 15) is 4.79 Å². The molecule has 0 spiro atoms. The van der Waals surface area contributed by atoms with Gasteiger partial charge < -0.3 is 9.64 Å². The van der Waals surface area contributed by atoms with Crippen LogP contribution in [0.4, 0.5) is 9.93 Å². The third-order valence-electron chi connectivity index (χ3n) is 5.79. The Morgan fingerprint density at radius 3 is 2.95 bits per heavy atom. The Morgan fingerprint density at radius 2 is 2.27 bits per heavy atom. The van der Waals surface area contributed by atoms with Gasteiger partial charge in [0.15, 0.2) is 5.13 Å². The second-order valence-corrected chi connectivity index (χ2v) is 8.01. The molecule has 5 atom stereocenters. The van der Waals surface area contributed by atoms with E-state index in [-0.39, 0.29) is 18.2 Å². The van der Waals surface area contributed by atoms with E-state index >= 15 is 0 Å². The van der Waals surface area contributed by atoms with Crippen LogP contribution < -0.4 is 5.32 Å². The average molecular weight is 321 g/mol. The Hall–Kier alpha value is -1.14. The fraction of sp³-hybridized carbons (Fsp3) is 0.750. The molecule has 1 aromatic heterocycles. The predicted octanol–water partition coefficient (Wildman–Crippen LogP) is 2.90. The highest BCUT2D eigenvalue weighted by Crippen LogP contribution is 2.55. The van der Waals surface area contributed by atoms with Gasteiger partial charge in [-0.25, -0.2) is 9.78 Å². The Kier molecular flexibility index (Phi) is 3.42. The molecule has 0 radical (unpaired) electrons. The van der Waals surface area contributed by atoms with Crippen LogP contribution in [-0.2, 0) is 11.2 Å². The van der Waals surface area contributed by atoms with E-state index in [0.29, 0.717) is 17.8 Å². The summed E-state index contributed by atoms with van der Waals surface area (Å²) in [5.41, 5.74) is 1.08. The molecule has 3 aliphatic rings. The number of hydrogen-bond acceptors (Lipinski definition) is 4. The van der Waals surface area contributed by atoms with Gasteiger partial charge in [-0.15, -0.1) is 11.3 Å². The van der Waals surface area contributed by atoms with E-state index < -0.39 is 0 Å². The number of likely N-dealkylation sites (tertiary alicyclic amines) is 1. The Morgan fingerprint density at radius 1 is 1.45 bits per heavy atom. The number of thiazole rings is 1. The first-order chi connectivity index (χ1) is 10.6. The standard InChI is InChI=1S/C16H23N3O2S/c1-4-12-8(2)22-15(17-12)18-16(20)19-7-10-5-9-6-11(10)13(19)14(9)21-3/h9-11,13-14H,4-7H2,1-3H3,(H,17,18,20)/t9-,10-,11+,13+,14+/m0/s1. The summed E-state index contributed by atoms with van der Waals surface area (Å²) in [6.45, 7) is 5.03. The number of aromatic nitrogens is 1. The van der Waals surface area contributed by atoms with Gasteiger partial charge in [-0.1, -0.05) is 6.92 Å². The molecule has 2 bridgehead atoms. The summed E-state index contributed by atoms with van der Waals surface area (Å²) in [4.78, 5) is 20.4. The van der Waals surface area contributed by atoms with Gasteiger partial charge in [0.05, 0.1) is 17.8 Å². The molecule has 0 unspecified atom stereocenters. The number of carbonyl (C=O) groups is 1. The van der Waals surface area contributed by atoms with Gasteiger partial charge in [0.1, 0.15) is 0 Å². The second-order valence-electron chi connectivity index (χ2n) is 6.80. The number of nitrogens with zero attached hydrogens (tertiary/aromatic N) is 2. The van der Waals surface area contributed by atoms with Crippen molar-refractivity contribution in [2.75, 3.05) is 19.0 Å². The van der Waals surface area contributed by atoms with Crippen LogP contribution >= 0.6 is 11.3 Å². The summed E-state index contributed by atoms with van der Waals surface area (Å²) in [6.07, 6.45) is 3.58. The third kappa shape index (κ3) is 2.00. The van der Waals surface area contributed by atoms with Gasteiger partial charge in [0.2, 0.25) is 0 Å². The van der Waals surface area contributed by atoms with Crippen molar-refractivity contribution in [1.82, 2.24) is 9.88 Å². The lowest BCUT2D eigenvalue weighted by Crippen LogP contribution is -2.46. The number of nitrogens with one attached hydrogen (secondary N) is 1. The zero-order valence-corrected chi connectivity index (χ0v) is 14.2. The van der Waals surface area contributed by atoms with Crippen molar-refractivity contribution >= 4 is 22.5 Å². The Balaban J connectivity index is 1.51. The van der Waals surface area contributed by atoms with Crippen molar-refractivity contribution in [2.45, 2.75) is 45.3 Å². The van der Waals surface area contributed by atoms with Crippen LogP contribution in [0, 0.1) is 24.7 Å². The zero-order chi connectivity index (χ0) is 15.4. The number of methoxy groups -OCH3 is 1. The van der Waals surface area contributed by atoms with E-state index in [4.69, 9.17) is 4.74 Å². The highest BCUT2D eigenvalue weighted by Gasteiger charge is 2.60. The van der Waals surface area contributed by atoms with Crippen LogP contribution in [0.15, 0.2) is 0 Å². The molecule has 4 rings (SSSR count). The molecule has 2 heterocycles. The van der Waals surface area contributed by atoms with Crippen molar-refractivity contribution in [2.24, 2.45) is 17.8 Å². The normalized spacial score (nSPS) is 35.4. The second kappa shape index (κ2) is 5.20. The molecule has 22 heavy (non-hydrogen) atoms. The van der Waals surface area contributed by atoms with Crippen LogP contribution in [0.25, 0.3) is 0 Å². The molecular weight excluding hydrogens is 298 g/mol. The topological polar surface area (TPSA) is 54.5 Å². The number of ether oxygens (including phenoxy) is 1. The van der Waals surface area contributed by atoms with E-state index in [1.54, 1.807) is 18.4 Å². The van der Waals surface area contributed by atoms with Crippen molar-refractivity contribution in [3.63, 3.8) is 0 Å². The zero-order valence-electron chi connectivity index (χ0n) is 13.3. The molecule has 3 fully saturated rings. The minimum absolute atomic E-state index is 0.00139. The maximum absolute atomic E-state index is 12.7. The maximum Gasteiger partial charge on any atom is 0.324 e. The number of amides is 2. The van der Waals surface area contributed by atoms with Crippen LogP contribution in [-0.4, -0.2) is 41.7 Å². The van der Waals surface area contributed by atoms with Crippen molar-refractivity contribution in [1.29, 1.82) is 0 Å². The van der Waals surface area contributed by atoms with Crippen molar-refractivity contribution in [3.05, 3.63) is 10.6 Å². The third-order valence-corrected chi connectivity index (χ3v) is 6.72. The number of carbonyl (C=O) groups excluding carboxylic acids is 1. The smallest absolute Gasteiger partial charge is 0.324 e. The lowest BCUT2D eigenvalue weighted by atomic mass is 9.88. The Labute approximate surface area is 135 Å². The fourth-order valence-corrected chi connectivity index (χ4v) is 5.82. The number of rotatable bonds is 3. The summed E-state index contributed by atoms with van der Waals surface area (Å²) in [7, 11) is 1.78. The number of urea groups is 1. The lowest BCUT2D eigenvalue weighted by Gasteiger charge is -2.31. The minimum atomic E-state index is -0.00139. The first-order valence-electron chi connectivity index (χ1n) is 8.19. The molecule has 5 nitrogen and oxygen atoms in total. The first-order valence-corrected chi connectivity index (χ1v) is 9.00. The molecule has 120 valence electrons. The molecular formula is C16H23N3O2S. The van der Waals surface area contributed by atoms with E-state index in [1.165, 1.54) is 17.7 Å². The summed E-state index contributed by atoms with van der Waals surface area (Å²) in [5, 5.41) is 3.74. The molecule has 6 heteroatoms. The molecule has 2 amide bonds. The van der Waals surface area contributed by atoms with Gasteiger partial charge in [-0.2, -0.15) is 0 Å². The van der Waals surface area contributed by atoms with Gasteiger partial charge >= 0.3 is 6.03 Å². The SMILES string of the molecule is CCc1nc(NC(=O)N2C[C@@H]3C[C@H]4C[C@H]3[C@@H]2[C@@H]4OC)sc1C. The molecule has 0 aromatic carbocycles. The van der Waals surface area contributed by atoms with Crippen LogP contribution in [0.1, 0.15) is 30.3 Å². The minimum Gasteiger partial charge on any atom is -0.379 e. The van der Waals surface area contributed by atoms with Crippen LogP contribution in [0.2, 0.25) is 0 Å². The molecule has 1 saturated heterocycles. The number of anilines is 1. The molecule has 1 aromatic rings. The summed E-state index contributed by atoms with van der Waals surface area (Å²) in [6, 6.07) is 0.263. The van der Waals surface area contributed by atoms with E-state index in [2.05, 4.69) is 24.1 Å². The van der Waals surface area contributed by atoms with Crippen molar-refractivity contribution in [3.8, 4) is 0 Å². The maximum atomic E-state index is 12.7. The van der Waals surface area contributed by atoms with Gasteiger partial charge in [0.25, 0.3) is 0 Å². The van der Waals surface area contributed by atoms with E-state index in [0.717, 1.165) is 23.8 Å². The lowest BCUT2D eigenvalue weighted by molar-refractivity contribution is 0.0202. The van der Waals surface area contributed by atoms with Crippen molar-refractivity contribution < 1.29 is 9.53 Å². The van der Waals surface area contributed by atoms with Crippen LogP contribution in [0.3, 0.4) is 0 Å². The van der Waals surface area contributed by atoms with Gasteiger partial charge in [-0.3, -0.25) is 5.32 Å². The highest BCUT2D eigenvalue weighted by atomic mass is 32.1. The van der Waals surface area contributed by atoms with Gasteiger partial charge in [0, 0.05) is 18.5 Å². The molecule has 1 aliphatic heterocycles. The van der Waals surface area contributed by atoms with Gasteiger partial charge in [-0.05, 0) is 43.9 Å². The number of fused-ring (bicyclic) bond motifs is 1. The largest absolute Gasteiger partial charge is 0.379 e. The summed E-state index contributed by atoms with van der Waals surface area (Å²) in [5.74, 6) is 1.97. The summed E-state index contributed by atoms with van der Waals surface area (Å²) >= 11 is 1.57. The van der Waals surface area contributed by atoms with E-state index in [1.807, 2.05) is 4.90 Å². The summed E-state index contributed by atoms with van der Waals surface area (Å²) < 4.78 is 5.71. The average Bonchev–Trinajstić information content (AvgIpc) is 3.18.